The van der Waals surface area contributed by atoms with Crippen LogP contribution in [0.4, 0.5) is 0 Å². The molecule has 0 bridgehead atoms. The summed E-state index contributed by atoms with van der Waals surface area (Å²) in [6, 6.07) is 8.27. The van der Waals surface area contributed by atoms with Gasteiger partial charge in [0.25, 0.3) is 5.91 Å². The molecular weight excluding hydrogens is 521 g/mol. The number of aromatic nitrogens is 1. The third kappa shape index (κ3) is 9.10. The fourth-order valence-electron chi connectivity index (χ4n) is 3.30. The van der Waals surface area contributed by atoms with Crippen molar-refractivity contribution in [1.82, 2.24) is 14.2 Å². The van der Waals surface area contributed by atoms with Gasteiger partial charge in [-0.05, 0) is 42.7 Å². The summed E-state index contributed by atoms with van der Waals surface area (Å²) in [5.74, 6) is -4.13. The number of hydrogen-bond acceptors (Lipinski definition) is 6. The highest BCUT2D eigenvalue weighted by Crippen LogP contribution is 2.23. The molecule has 1 fully saturated rings. The van der Waals surface area contributed by atoms with E-state index in [1.807, 2.05) is 6.07 Å². The van der Waals surface area contributed by atoms with E-state index in [0.29, 0.717) is 18.1 Å². The molecule has 1 aliphatic rings. The number of carbonyl (C=O) groups is 3. The second kappa shape index (κ2) is 13.4. The summed E-state index contributed by atoms with van der Waals surface area (Å²) in [7, 11) is -3.43. The molecule has 0 aliphatic carbocycles. The molecule has 1 aromatic heterocycles. The van der Waals surface area contributed by atoms with Crippen molar-refractivity contribution in [3.8, 4) is 0 Å². The number of aliphatic carboxylic acids is 2. The quantitative estimate of drug-likeness (QED) is 0.505. The number of hydrogen-bond donors (Lipinski definition) is 2. The third-order valence-electron chi connectivity index (χ3n) is 5.06. The monoisotopic (exact) mass is 545 g/mol. The highest BCUT2D eigenvalue weighted by Gasteiger charge is 2.26. The van der Waals surface area contributed by atoms with Gasteiger partial charge in [-0.3, -0.25) is 9.78 Å². The highest BCUT2D eigenvalue weighted by molar-refractivity contribution is 7.89. The Morgan fingerprint density at radius 2 is 1.69 bits per heavy atom. The Labute approximate surface area is 213 Å². The van der Waals surface area contributed by atoms with Crippen LogP contribution in [0.15, 0.2) is 42.7 Å². The first-order chi connectivity index (χ1) is 16.5. The van der Waals surface area contributed by atoms with Gasteiger partial charge in [0, 0.05) is 43.6 Å². The summed E-state index contributed by atoms with van der Waals surface area (Å²) >= 11 is 12.1. The molecule has 2 aromatic rings. The molecule has 35 heavy (non-hydrogen) atoms. The number of pyridine rings is 1. The van der Waals surface area contributed by atoms with Crippen molar-refractivity contribution < 1.29 is 33.0 Å². The van der Waals surface area contributed by atoms with Crippen molar-refractivity contribution >= 4 is 51.1 Å². The zero-order valence-corrected chi connectivity index (χ0v) is 21.0. The molecule has 2 heterocycles. The molecule has 1 saturated heterocycles. The predicted molar refractivity (Wildman–Crippen MR) is 130 cm³/mol. The van der Waals surface area contributed by atoms with Gasteiger partial charge < -0.3 is 15.1 Å². The normalized spacial score (nSPS) is 13.9. The van der Waals surface area contributed by atoms with E-state index < -0.39 is 22.0 Å². The van der Waals surface area contributed by atoms with Crippen LogP contribution in [0.5, 0.6) is 0 Å². The number of carboxylic acids is 2. The van der Waals surface area contributed by atoms with E-state index >= 15 is 0 Å². The molecule has 10 nitrogen and oxygen atoms in total. The number of sulfonamides is 1. The van der Waals surface area contributed by atoms with Crippen LogP contribution in [0.3, 0.4) is 0 Å². The van der Waals surface area contributed by atoms with Crippen LogP contribution in [-0.4, -0.2) is 76.1 Å². The first kappa shape index (κ1) is 28.5. The van der Waals surface area contributed by atoms with E-state index in [-0.39, 0.29) is 35.3 Å². The Kier molecular flexibility index (Phi) is 10.9. The molecule has 0 saturated carbocycles. The lowest BCUT2D eigenvalue weighted by Crippen LogP contribution is -2.41. The van der Waals surface area contributed by atoms with E-state index in [4.69, 9.17) is 43.0 Å². The number of amides is 1. The molecule has 1 aliphatic heterocycles. The van der Waals surface area contributed by atoms with Crippen molar-refractivity contribution in [1.29, 1.82) is 0 Å². The molecule has 3 rings (SSSR count). The van der Waals surface area contributed by atoms with Crippen molar-refractivity contribution in [2.75, 3.05) is 25.4 Å². The lowest BCUT2D eigenvalue weighted by Gasteiger charge is -2.28. The summed E-state index contributed by atoms with van der Waals surface area (Å²) in [4.78, 5) is 36.9. The van der Waals surface area contributed by atoms with Gasteiger partial charge in [0.2, 0.25) is 10.0 Å². The second-order valence-electron chi connectivity index (χ2n) is 7.60. The fourth-order valence-corrected chi connectivity index (χ4v) is 5.31. The number of nitrogens with zero attached hydrogens (tertiary/aromatic N) is 3. The summed E-state index contributed by atoms with van der Waals surface area (Å²) in [5, 5.41) is 15.4. The SMILES string of the molecule is O=C(O)C(=O)O.O=C(c1ccc(Cl)cc1Cl)N(CCS(=O)(=O)N1CCCCC1)Cc1cccnc1. The van der Waals surface area contributed by atoms with E-state index in [2.05, 4.69) is 4.98 Å². The molecule has 0 spiro atoms. The Balaban J connectivity index is 0.000000641. The van der Waals surface area contributed by atoms with E-state index in [0.717, 1.165) is 24.8 Å². The Morgan fingerprint density at radius 1 is 1.03 bits per heavy atom. The van der Waals surface area contributed by atoms with Crippen molar-refractivity contribution in [3.05, 3.63) is 63.9 Å². The minimum Gasteiger partial charge on any atom is -0.473 e. The van der Waals surface area contributed by atoms with Gasteiger partial charge in [0.1, 0.15) is 0 Å². The number of carboxylic acid groups (broad SMARTS) is 2. The average Bonchev–Trinajstić information content (AvgIpc) is 2.83. The molecular formula is C22H25Cl2N3O7S. The topological polar surface area (TPSA) is 145 Å². The molecule has 190 valence electrons. The van der Waals surface area contributed by atoms with Gasteiger partial charge in [0.05, 0.1) is 16.3 Å². The highest BCUT2D eigenvalue weighted by atomic mass is 35.5. The van der Waals surface area contributed by atoms with Crippen LogP contribution in [0.2, 0.25) is 10.0 Å². The molecule has 13 heteroatoms. The van der Waals surface area contributed by atoms with E-state index in [1.54, 1.807) is 30.6 Å². The van der Waals surface area contributed by atoms with Crippen molar-refractivity contribution in [2.24, 2.45) is 0 Å². The minimum atomic E-state index is -3.43. The summed E-state index contributed by atoms with van der Waals surface area (Å²) in [6.45, 7) is 1.39. The van der Waals surface area contributed by atoms with Crippen LogP contribution in [-0.2, 0) is 26.2 Å². The number of rotatable bonds is 7. The van der Waals surface area contributed by atoms with Gasteiger partial charge in [-0.1, -0.05) is 35.7 Å². The zero-order valence-electron chi connectivity index (χ0n) is 18.6. The van der Waals surface area contributed by atoms with E-state index in [1.165, 1.54) is 15.3 Å². The maximum absolute atomic E-state index is 13.1. The van der Waals surface area contributed by atoms with Crippen LogP contribution >= 0.6 is 23.2 Å². The smallest absolute Gasteiger partial charge is 0.414 e. The minimum absolute atomic E-state index is 0.0610. The van der Waals surface area contributed by atoms with Gasteiger partial charge in [-0.2, -0.15) is 0 Å². The number of halogens is 2. The molecule has 2 N–H and O–H groups in total. The van der Waals surface area contributed by atoms with Gasteiger partial charge in [0.15, 0.2) is 0 Å². The van der Waals surface area contributed by atoms with Crippen LogP contribution < -0.4 is 0 Å². The Hall–Kier alpha value is -2.73. The van der Waals surface area contributed by atoms with Crippen molar-refractivity contribution in [3.63, 3.8) is 0 Å². The summed E-state index contributed by atoms with van der Waals surface area (Å²) < 4.78 is 27.0. The molecule has 1 aromatic carbocycles. The maximum atomic E-state index is 13.1. The molecule has 1 amide bonds. The molecule has 0 unspecified atom stereocenters. The largest absolute Gasteiger partial charge is 0.473 e. The van der Waals surface area contributed by atoms with Gasteiger partial charge >= 0.3 is 11.9 Å². The maximum Gasteiger partial charge on any atom is 0.414 e. The lowest BCUT2D eigenvalue weighted by molar-refractivity contribution is -0.159. The predicted octanol–water partition coefficient (Wildman–Crippen LogP) is 3.00. The number of carbonyl (C=O) groups excluding carboxylic acids is 1. The van der Waals surface area contributed by atoms with Crippen molar-refractivity contribution in [2.45, 2.75) is 25.8 Å². The Bertz CT molecular complexity index is 1130. The average molecular weight is 546 g/mol. The van der Waals surface area contributed by atoms with Crippen LogP contribution in [0.1, 0.15) is 35.2 Å². The third-order valence-corrected chi connectivity index (χ3v) is 7.45. The van der Waals surface area contributed by atoms with Crippen LogP contribution in [0.25, 0.3) is 0 Å². The van der Waals surface area contributed by atoms with E-state index in [9.17, 15) is 13.2 Å². The standard InChI is InChI=1S/C20H23Cl2N3O3S.C2H2O4/c21-17-6-7-18(19(22)13-17)20(26)24(15-16-5-4-8-23-14-16)11-12-29(27,28)25-9-2-1-3-10-25;3-1(4)2(5)6/h4-8,13-14H,1-3,9-12,15H2;(H,3,4)(H,5,6). The number of benzene rings is 1. The lowest BCUT2D eigenvalue weighted by atomic mass is 10.1. The second-order valence-corrected chi connectivity index (χ2v) is 10.5. The van der Waals surface area contributed by atoms with Crippen LogP contribution in [0, 0.1) is 0 Å². The summed E-state index contributed by atoms with van der Waals surface area (Å²) in [5.41, 5.74) is 1.09. The first-order valence-electron chi connectivity index (χ1n) is 10.6. The molecule has 0 radical (unpaired) electrons. The summed E-state index contributed by atoms with van der Waals surface area (Å²) in [6.07, 6.45) is 6.10. The first-order valence-corrected chi connectivity index (χ1v) is 12.9. The van der Waals surface area contributed by atoms with Gasteiger partial charge in [-0.15, -0.1) is 0 Å². The van der Waals surface area contributed by atoms with Gasteiger partial charge in [-0.25, -0.2) is 22.3 Å². The Morgan fingerprint density at radius 3 is 2.23 bits per heavy atom. The fraction of sp³-hybridized carbons (Fsp3) is 0.364. The molecule has 0 atom stereocenters. The number of piperidine rings is 1. The zero-order chi connectivity index (χ0) is 26.0.